The van der Waals surface area contributed by atoms with Crippen LogP contribution in [0.4, 0.5) is 5.69 Å². The molecule has 0 aliphatic carbocycles. The zero-order chi connectivity index (χ0) is 10.0. The zero-order valence-corrected chi connectivity index (χ0v) is 8.91. The number of rotatable bonds is 2. The van der Waals surface area contributed by atoms with Crippen LogP contribution in [-0.2, 0) is 0 Å². The molecular formula is C10H11Cl2N. The molecule has 1 rings (SSSR count). The van der Waals surface area contributed by atoms with Crippen molar-refractivity contribution in [1.29, 1.82) is 0 Å². The minimum atomic E-state index is 0.483. The molecule has 0 aromatic heterocycles. The summed E-state index contributed by atoms with van der Waals surface area (Å²) in [6, 6.07) is 3.42. The van der Waals surface area contributed by atoms with Crippen molar-refractivity contribution in [1.82, 2.24) is 0 Å². The summed E-state index contributed by atoms with van der Waals surface area (Å²) < 4.78 is 0. The molecular weight excluding hydrogens is 205 g/mol. The molecule has 0 aliphatic heterocycles. The van der Waals surface area contributed by atoms with Crippen LogP contribution in [0.5, 0.6) is 0 Å². The second kappa shape index (κ2) is 4.03. The fourth-order valence-electron chi connectivity index (χ4n) is 1.07. The maximum Gasteiger partial charge on any atom is 0.0656 e. The first-order valence-electron chi connectivity index (χ1n) is 3.99. The highest BCUT2D eigenvalue weighted by atomic mass is 35.5. The highest BCUT2D eigenvalue weighted by Crippen LogP contribution is 2.32. The standard InChI is InChI=1S/C10H11Cl2N/c1-3-6(2)8-4-7(11)5-9(12)10(8)13/h4-5H,2-3,13H2,1H3. The fraction of sp³-hybridized carbons (Fsp3) is 0.200. The van der Waals surface area contributed by atoms with E-state index in [1.807, 2.05) is 6.92 Å². The van der Waals surface area contributed by atoms with Gasteiger partial charge >= 0.3 is 0 Å². The Morgan fingerprint density at radius 3 is 2.62 bits per heavy atom. The lowest BCUT2D eigenvalue weighted by atomic mass is 10.0. The Morgan fingerprint density at radius 1 is 1.46 bits per heavy atom. The molecule has 3 heteroatoms. The Kier molecular flexibility index (Phi) is 3.23. The van der Waals surface area contributed by atoms with E-state index in [0.29, 0.717) is 15.7 Å². The van der Waals surface area contributed by atoms with E-state index in [1.165, 1.54) is 0 Å². The van der Waals surface area contributed by atoms with Crippen LogP contribution in [0, 0.1) is 0 Å². The van der Waals surface area contributed by atoms with Gasteiger partial charge in [-0.3, -0.25) is 0 Å². The summed E-state index contributed by atoms with van der Waals surface area (Å²) in [6.07, 6.45) is 0.834. The number of anilines is 1. The largest absolute Gasteiger partial charge is 0.397 e. The van der Waals surface area contributed by atoms with Crippen LogP contribution in [0.3, 0.4) is 0 Å². The normalized spacial score (nSPS) is 10.1. The lowest BCUT2D eigenvalue weighted by Crippen LogP contribution is -1.94. The average Bonchev–Trinajstić information content (AvgIpc) is 2.10. The van der Waals surface area contributed by atoms with Gasteiger partial charge in [0, 0.05) is 10.6 Å². The molecule has 0 heterocycles. The number of nitrogen functional groups attached to an aromatic ring is 1. The Hall–Kier alpha value is -0.660. The van der Waals surface area contributed by atoms with Gasteiger partial charge in [-0.2, -0.15) is 0 Å². The molecule has 1 nitrogen and oxygen atoms in total. The van der Waals surface area contributed by atoms with Gasteiger partial charge in [-0.15, -0.1) is 0 Å². The smallest absolute Gasteiger partial charge is 0.0656 e. The Bertz CT molecular complexity index is 345. The first-order chi connectivity index (χ1) is 6.06. The van der Waals surface area contributed by atoms with Crippen LogP contribution in [-0.4, -0.2) is 0 Å². The molecule has 0 unspecified atom stereocenters. The molecule has 2 N–H and O–H groups in total. The molecule has 0 atom stereocenters. The summed E-state index contributed by atoms with van der Waals surface area (Å²) in [5.41, 5.74) is 8.12. The number of benzene rings is 1. The number of allylic oxidation sites excluding steroid dienone is 1. The third-order valence-corrected chi connectivity index (χ3v) is 2.43. The van der Waals surface area contributed by atoms with Gasteiger partial charge in [0.25, 0.3) is 0 Å². The van der Waals surface area contributed by atoms with Gasteiger partial charge in [-0.05, 0) is 24.1 Å². The predicted octanol–water partition coefficient (Wildman–Crippen LogP) is 4.00. The van der Waals surface area contributed by atoms with Crippen molar-refractivity contribution >= 4 is 34.5 Å². The van der Waals surface area contributed by atoms with Crippen molar-refractivity contribution in [3.05, 3.63) is 34.3 Å². The third-order valence-electron chi connectivity index (χ3n) is 1.90. The molecule has 1 aromatic rings. The van der Waals surface area contributed by atoms with Gasteiger partial charge in [-0.1, -0.05) is 36.7 Å². The zero-order valence-electron chi connectivity index (χ0n) is 7.40. The van der Waals surface area contributed by atoms with Crippen LogP contribution in [0.2, 0.25) is 10.0 Å². The number of hydrogen-bond acceptors (Lipinski definition) is 1. The van der Waals surface area contributed by atoms with Crippen LogP contribution < -0.4 is 5.73 Å². The van der Waals surface area contributed by atoms with E-state index in [1.54, 1.807) is 12.1 Å². The second-order valence-electron chi connectivity index (χ2n) is 2.81. The van der Waals surface area contributed by atoms with Crippen LogP contribution in [0.1, 0.15) is 18.9 Å². The SMILES string of the molecule is C=C(CC)c1cc(Cl)cc(Cl)c1N. The van der Waals surface area contributed by atoms with Gasteiger partial charge in [0.2, 0.25) is 0 Å². The molecule has 0 saturated heterocycles. The second-order valence-corrected chi connectivity index (χ2v) is 3.65. The summed E-state index contributed by atoms with van der Waals surface area (Å²) in [7, 11) is 0. The van der Waals surface area contributed by atoms with E-state index in [-0.39, 0.29) is 0 Å². The summed E-state index contributed by atoms with van der Waals surface area (Å²) >= 11 is 11.7. The third kappa shape index (κ3) is 2.17. The Labute approximate surface area is 88.1 Å². The van der Waals surface area contributed by atoms with Gasteiger partial charge < -0.3 is 5.73 Å². The van der Waals surface area contributed by atoms with Crippen LogP contribution in [0.15, 0.2) is 18.7 Å². The van der Waals surface area contributed by atoms with Gasteiger partial charge in [0.05, 0.1) is 10.7 Å². The van der Waals surface area contributed by atoms with Crippen molar-refractivity contribution in [2.75, 3.05) is 5.73 Å². The van der Waals surface area contributed by atoms with E-state index in [2.05, 4.69) is 6.58 Å². The molecule has 0 fully saturated rings. The van der Waals surface area contributed by atoms with E-state index >= 15 is 0 Å². The number of nitrogens with two attached hydrogens (primary N) is 1. The lowest BCUT2D eigenvalue weighted by molar-refractivity contribution is 1.25. The Morgan fingerprint density at radius 2 is 2.08 bits per heavy atom. The summed E-state index contributed by atoms with van der Waals surface area (Å²) in [5.74, 6) is 0. The van der Waals surface area contributed by atoms with Gasteiger partial charge in [-0.25, -0.2) is 0 Å². The fourth-order valence-corrected chi connectivity index (χ4v) is 1.56. The lowest BCUT2D eigenvalue weighted by Gasteiger charge is -2.09. The highest BCUT2D eigenvalue weighted by molar-refractivity contribution is 6.36. The summed E-state index contributed by atoms with van der Waals surface area (Å²) in [6.45, 7) is 5.90. The van der Waals surface area contributed by atoms with E-state index < -0.39 is 0 Å². The summed E-state index contributed by atoms with van der Waals surface area (Å²) in [4.78, 5) is 0. The van der Waals surface area contributed by atoms with Crippen molar-refractivity contribution in [3.8, 4) is 0 Å². The van der Waals surface area contributed by atoms with Crippen molar-refractivity contribution in [2.45, 2.75) is 13.3 Å². The van der Waals surface area contributed by atoms with E-state index in [4.69, 9.17) is 28.9 Å². The van der Waals surface area contributed by atoms with Crippen molar-refractivity contribution in [3.63, 3.8) is 0 Å². The Balaban J connectivity index is 3.28. The quantitative estimate of drug-likeness (QED) is 0.743. The molecule has 0 saturated carbocycles. The summed E-state index contributed by atoms with van der Waals surface area (Å²) in [5, 5.41) is 1.07. The van der Waals surface area contributed by atoms with Gasteiger partial charge in [0.15, 0.2) is 0 Å². The molecule has 0 amide bonds. The highest BCUT2D eigenvalue weighted by Gasteiger charge is 2.07. The molecule has 70 valence electrons. The van der Waals surface area contributed by atoms with Crippen molar-refractivity contribution < 1.29 is 0 Å². The van der Waals surface area contributed by atoms with Crippen molar-refractivity contribution in [2.24, 2.45) is 0 Å². The molecule has 13 heavy (non-hydrogen) atoms. The topological polar surface area (TPSA) is 26.0 Å². The molecule has 1 aromatic carbocycles. The minimum absolute atomic E-state index is 0.483. The minimum Gasteiger partial charge on any atom is -0.397 e. The predicted molar refractivity (Wildman–Crippen MR) is 60.2 cm³/mol. The maximum absolute atomic E-state index is 5.87. The van der Waals surface area contributed by atoms with Crippen LogP contribution in [0.25, 0.3) is 5.57 Å². The average molecular weight is 216 g/mol. The molecule has 0 radical (unpaired) electrons. The van der Waals surface area contributed by atoms with E-state index in [0.717, 1.165) is 17.6 Å². The molecule has 0 spiro atoms. The maximum atomic E-state index is 5.87. The monoisotopic (exact) mass is 215 g/mol. The first kappa shape index (κ1) is 10.4. The van der Waals surface area contributed by atoms with Crippen LogP contribution >= 0.6 is 23.2 Å². The first-order valence-corrected chi connectivity index (χ1v) is 4.74. The number of hydrogen-bond donors (Lipinski definition) is 1. The van der Waals surface area contributed by atoms with Gasteiger partial charge in [0.1, 0.15) is 0 Å². The molecule has 0 aliphatic rings. The molecule has 0 bridgehead atoms. The van der Waals surface area contributed by atoms with E-state index in [9.17, 15) is 0 Å². The number of halogens is 2.